The van der Waals surface area contributed by atoms with Crippen molar-refractivity contribution in [2.24, 2.45) is 0 Å². The third-order valence-electron chi connectivity index (χ3n) is 3.51. The van der Waals surface area contributed by atoms with E-state index >= 15 is 0 Å². The number of benzene rings is 1. The lowest BCUT2D eigenvalue weighted by molar-refractivity contribution is -0.133. The second-order valence-corrected chi connectivity index (χ2v) is 6.96. The summed E-state index contributed by atoms with van der Waals surface area (Å²) in [7, 11) is 0. The van der Waals surface area contributed by atoms with Gasteiger partial charge in [-0.3, -0.25) is 10.1 Å². The average molecular weight is 346 g/mol. The standard InChI is InChI=1S/C16H18N4O3S/c1-9(2)15-18-19-16(24-15)17-13(21)7-20-8-14(22)23-12-5-4-10(3)6-11(12)20/h4-6,9H,7-8H2,1-3H3,(H,17,19,21). The van der Waals surface area contributed by atoms with Crippen LogP contribution in [0, 0.1) is 6.92 Å². The molecule has 1 aromatic heterocycles. The van der Waals surface area contributed by atoms with Gasteiger partial charge in [0.05, 0.1) is 12.2 Å². The maximum atomic E-state index is 12.3. The zero-order valence-electron chi connectivity index (χ0n) is 13.7. The van der Waals surface area contributed by atoms with Crippen molar-refractivity contribution < 1.29 is 14.3 Å². The van der Waals surface area contributed by atoms with Crippen molar-refractivity contribution in [3.05, 3.63) is 28.8 Å². The fourth-order valence-corrected chi connectivity index (χ4v) is 3.11. The summed E-state index contributed by atoms with van der Waals surface area (Å²) in [6, 6.07) is 5.51. The van der Waals surface area contributed by atoms with Crippen molar-refractivity contribution >= 4 is 34.0 Å². The highest BCUT2D eigenvalue weighted by Crippen LogP contribution is 2.32. The van der Waals surface area contributed by atoms with E-state index in [9.17, 15) is 9.59 Å². The molecule has 8 heteroatoms. The zero-order chi connectivity index (χ0) is 17.3. The van der Waals surface area contributed by atoms with E-state index < -0.39 is 0 Å². The highest BCUT2D eigenvalue weighted by Gasteiger charge is 2.26. The van der Waals surface area contributed by atoms with Gasteiger partial charge in [0, 0.05) is 5.92 Å². The van der Waals surface area contributed by atoms with Gasteiger partial charge in [-0.2, -0.15) is 0 Å². The fraction of sp³-hybridized carbons (Fsp3) is 0.375. The molecule has 0 bridgehead atoms. The van der Waals surface area contributed by atoms with Crippen molar-refractivity contribution in [2.75, 3.05) is 23.3 Å². The Labute approximate surface area is 143 Å². The molecule has 1 amide bonds. The van der Waals surface area contributed by atoms with E-state index in [-0.39, 0.29) is 30.9 Å². The molecule has 0 spiro atoms. The number of hydrogen-bond donors (Lipinski definition) is 1. The lowest BCUT2D eigenvalue weighted by Crippen LogP contribution is -2.41. The van der Waals surface area contributed by atoms with Crippen LogP contribution in [0.5, 0.6) is 5.75 Å². The molecule has 0 atom stereocenters. The third kappa shape index (κ3) is 3.53. The number of hydrogen-bond acceptors (Lipinski definition) is 7. The highest BCUT2D eigenvalue weighted by molar-refractivity contribution is 7.15. The van der Waals surface area contributed by atoms with Crippen LogP contribution >= 0.6 is 11.3 Å². The Kier molecular flexibility index (Phi) is 4.48. The number of fused-ring (bicyclic) bond motifs is 1. The Morgan fingerprint density at radius 2 is 2.21 bits per heavy atom. The summed E-state index contributed by atoms with van der Waals surface area (Å²) < 4.78 is 5.21. The molecular weight excluding hydrogens is 328 g/mol. The van der Waals surface area contributed by atoms with E-state index in [0.717, 1.165) is 16.3 Å². The van der Waals surface area contributed by atoms with Gasteiger partial charge in [-0.05, 0) is 24.6 Å². The third-order valence-corrected chi connectivity index (χ3v) is 4.65. The minimum Gasteiger partial charge on any atom is -0.423 e. The number of nitrogens with zero attached hydrogens (tertiary/aromatic N) is 3. The van der Waals surface area contributed by atoms with Gasteiger partial charge in [-0.15, -0.1) is 10.2 Å². The van der Waals surface area contributed by atoms with Gasteiger partial charge in [0.1, 0.15) is 11.6 Å². The summed E-state index contributed by atoms with van der Waals surface area (Å²) in [5.74, 6) is 0.114. The maximum Gasteiger partial charge on any atom is 0.331 e. The number of ether oxygens (including phenoxy) is 1. The van der Waals surface area contributed by atoms with Gasteiger partial charge in [-0.25, -0.2) is 4.79 Å². The van der Waals surface area contributed by atoms with E-state index in [4.69, 9.17) is 4.74 Å². The van der Waals surface area contributed by atoms with Crippen molar-refractivity contribution in [1.82, 2.24) is 10.2 Å². The molecular formula is C16H18N4O3S. The molecule has 1 aliphatic heterocycles. The molecule has 0 saturated heterocycles. The zero-order valence-corrected chi connectivity index (χ0v) is 14.5. The van der Waals surface area contributed by atoms with Gasteiger partial charge in [0.25, 0.3) is 0 Å². The summed E-state index contributed by atoms with van der Waals surface area (Å²) in [5.41, 5.74) is 1.77. The number of carbonyl (C=O) groups is 2. The lowest BCUT2D eigenvalue weighted by atomic mass is 10.1. The first kappa shape index (κ1) is 16.4. The summed E-state index contributed by atoms with van der Waals surface area (Å²) in [4.78, 5) is 25.7. The molecule has 0 saturated carbocycles. The first-order chi connectivity index (χ1) is 11.4. The monoisotopic (exact) mass is 346 g/mol. The quantitative estimate of drug-likeness (QED) is 0.676. The molecule has 7 nitrogen and oxygen atoms in total. The van der Waals surface area contributed by atoms with Crippen LogP contribution in [0.2, 0.25) is 0 Å². The molecule has 2 aromatic rings. The molecule has 126 valence electrons. The van der Waals surface area contributed by atoms with Crippen molar-refractivity contribution in [3.63, 3.8) is 0 Å². The largest absolute Gasteiger partial charge is 0.423 e. The Morgan fingerprint density at radius 1 is 1.42 bits per heavy atom. The minimum atomic E-state index is -0.378. The number of amides is 1. The molecule has 0 radical (unpaired) electrons. The Morgan fingerprint density at radius 3 is 2.92 bits per heavy atom. The normalized spacial score (nSPS) is 13.7. The molecule has 2 heterocycles. The van der Waals surface area contributed by atoms with Crippen LogP contribution in [0.1, 0.15) is 30.3 Å². The number of nitrogens with one attached hydrogen (secondary N) is 1. The number of rotatable bonds is 4. The van der Waals surface area contributed by atoms with Crippen LogP contribution in [0.25, 0.3) is 0 Å². The van der Waals surface area contributed by atoms with Gasteiger partial charge in [0.15, 0.2) is 5.75 Å². The average Bonchev–Trinajstić information content (AvgIpc) is 2.96. The Balaban J connectivity index is 1.72. The van der Waals surface area contributed by atoms with Crippen molar-refractivity contribution in [2.45, 2.75) is 26.7 Å². The number of carbonyl (C=O) groups excluding carboxylic acids is 2. The molecule has 0 fully saturated rings. The van der Waals surface area contributed by atoms with Crippen molar-refractivity contribution in [3.8, 4) is 5.75 Å². The Hall–Kier alpha value is -2.48. The highest BCUT2D eigenvalue weighted by atomic mass is 32.1. The topological polar surface area (TPSA) is 84.4 Å². The SMILES string of the molecule is Cc1ccc2c(c1)N(CC(=O)Nc1nnc(C(C)C)s1)CC(=O)O2. The van der Waals surface area contributed by atoms with Crippen LogP contribution in [0.3, 0.4) is 0 Å². The smallest absolute Gasteiger partial charge is 0.331 e. The summed E-state index contributed by atoms with van der Waals surface area (Å²) in [6.45, 7) is 6.07. The van der Waals surface area contributed by atoms with Crippen LogP contribution < -0.4 is 15.0 Å². The van der Waals surface area contributed by atoms with Crippen LogP contribution in [-0.2, 0) is 9.59 Å². The van der Waals surface area contributed by atoms with E-state index in [1.807, 2.05) is 32.9 Å². The first-order valence-corrected chi connectivity index (χ1v) is 8.43. The first-order valence-electron chi connectivity index (χ1n) is 7.62. The van der Waals surface area contributed by atoms with Gasteiger partial charge >= 0.3 is 5.97 Å². The lowest BCUT2D eigenvalue weighted by Gasteiger charge is -2.29. The minimum absolute atomic E-state index is 0.0389. The molecule has 0 unspecified atom stereocenters. The maximum absolute atomic E-state index is 12.3. The summed E-state index contributed by atoms with van der Waals surface area (Å²) in [6.07, 6.45) is 0. The van der Waals surface area contributed by atoms with Gasteiger partial charge < -0.3 is 9.64 Å². The summed E-state index contributed by atoms with van der Waals surface area (Å²) in [5, 5.41) is 12.1. The second-order valence-electron chi connectivity index (χ2n) is 5.95. The number of esters is 1. The van der Waals surface area contributed by atoms with Crippen LogP contribution in [-0.4, -0.2) is 35.2 Å². The van der Waals surface area contributed by atoms with Crippen LogP contribution in [0.15, 0.2) is 18.2 Å². The molecule has 1 N–H and O–H groups in total. The predicted molar refractivity (Wildman–Crippen MR) is 91.7 cm³/mol. The summed E-state index contributed by atoms with van der Waals surface area (Å²) >= 11 is 1.36. The van der Waals surface area contributed by atoms with Gasteiger partial charge in [-0.1, -0.05) is 31.3 Å². The molecule has 24 heavy (non-hydrogen) atoms. The molecule has 0 aliphatic carbocycles. The molecule has 1 aromatic carbocycles. The number of aryl methyl sites for hydroxylation is 1. The second kappa shape index (κ2) is 6.56. The molecule has 3 rings (SSSR count). The fourth-order valence-electron chi connectivity index (χ4n) is 2.35. The van der Waals surface area contributed by atoms with Crippen molar-refractivity contribution in [1.29, 1.82) is 0 Å². The van der Waals surface area contributed by atoms with Gasteiger partial charge in [0.2, 0.25) is 11.0 Å². The Bertz CT molecular complexity index is 787. The van der Waals surface area contributed by atoms with E-state index in [0.29, 0.717) is 10.9 Å². The van der Waals surface area contributed by atoms with Crippen LogP contribution in [0.4, 0.5) is 10.8 Å². The predicted octanol–water partition coefficient (Wildman–Crippen LogP) is 2.33. The number of anilines is 2. The van der Waals surface area contributed by atoms with E-state index in [1.54, 1.807) is 11.0 Å². The molecule has 1 aliphatic rings. The number of aromatic nitrogens is 2. The van der Waals surface area contributed by atoms with E-state index in [2.05, 4.69) is 15.5 Å². The van der Waals surface area contributed by atoms with E-state index in [1.165, 1.54) is 11.3 Å².